The first-order valence-electron chi connectivity index (χ1n) is 7.74. The van der Waals surface area contributed by atoms with Crippen LogP contribution in [0.1, 0.15) is 33.3 Å². The van der Waals surface area contributed by atoms with Gasteiger partial charge in [-0.05, 0) is 55.5 Å². The molecule has 1 aliphatic rings. The molecule has 0 amide bonds. The van der Waals surface area contributed by atoms with Gasteiger partial charge >= 0.3 is 7.12 Å². The molecular weight excluding hydrogens is 283 g/mol. The first-order chi connectivity index (χ1) is 10.6. The molecule has 0 saturated carbocycles. The molecule has 3 heteroatoms. The minimum Gasteiger partial charge on any atom is -0.399 e. The van der Waals surface area contributed by atoms with Crippen molar-refractivity contribution in [1.82, 2.24) is 0 Å². The second kappa shape index (κ2) is 5.99. The minimum atomic E-state index is -0.521. The zero-order valence-electron chi connectivity index (χ0n) is 14.6. The first kappa shape index (κ1) is 17.5. The molecule has 1 saturated heterocycles. The second-order valence-electron chi connectivity index (χ2n) is 6.92. The van der Waals surface area contributed by atoms with Crippen molar-refractivity contribution in [1.29, 1.82) is 0 Å². The van der Waals surface area contributed by atoms with Gasteiger partial charge in [-0.3, -0.25) is 0 Å². The highest BCUT2D eigenvalue weighted by Gasteiger charge is 2.52. The number of rotatable bonds is 5. The van der Waals surface area contributed by atoms with Gasteiger partial charge in [-0.25, -0.2) is 0 Å². The molecule has 2 rings (SSSR count). The fourth-order valence-corrected chi connectivity index (χ4v) is 2.32. The maximum Gasteiger partial charge on any atom is 0.494 e. The normalized spacial score (nSPS) is 18.5. The molecule has 23 heavy (non-hydrogen) atoms. The average molecular weight is 308 g/mol. The smallest absolute Gasteiger partial charge is 0.399 e. The van der Waals surface area contributed by atoms with Crippen molar-refractivity contribution in [2.75, 3.05) is 0 Å². The molecule has 0 radical (unpaired) electrons. The highest BCUT2D eigenvalue weighted by atomic mass is 16.7. The molecule has 0 spiro atoms. The lowest BCUT2D eigenvalue weighted by Crippen LogP contribution is -2.41. The molecule has 0 bridgehead atoms. The molecule has 0 N–H and O–H groups in total. The summed E-state index contributed by atoms with van der Waals surface area (Å²) in [7, 11) is -0.521. The van der Waals surface area contributed by atoms with Crippen LogP contribution in [-0.4, -0.2) is 18.3 Å². The van der Waals surface area contributed by atoms with Crippen LogP contribution in [0.4, 0.5) is 0 Å². The molecular formula is C20H25BO2. The van der Waals surface area contributed by atoms with E-state index in [0.717, 1.165) is 16.7 Å². The Morgan fingerprint density at radius 1 is 0.826 bits per heavy atom. The van der Waals surface area contributed by atoms with Crippen LogP contribution in [0.2, 0.25) is 0 Å². The van der Waals surface area contributed by atoms with Gasteiger partial charge in [-0.15, -0.1) is 0 Å². The summed E-state index contributed by atoms with van der Waals surface area (Å²) in [6, 6.07) is 9.91. The summed E-state index contributed by atoms with van der Waals surface area (Å²) in [5.41, 5.74) is 3.17. The Kier molecular flexibility index (Phi) is 4.56. The van der Waals surface area contributed by atoms with Gasteiger partial charge in [0, 0.05) is 0 Å². The Labute approximate surface area is 140 Å². The fraction of sp³-hybridized carbons (Fsp3) is 0.300. The van der Waals surface area contributed by atoms with E-state index in [-0.39, 0.29) is 0 Å². The number of allylic oxidation sites excluding steroid dienone is 4. The molecule has 1 heterocycles. The highest BCUT2D eigenvalue weighted by molar-refractivity contribution is 6.56. The average Bonchev–Trinajstić information content (AvgIpc) is 2.73. The Balaban J connectivity index is 2.14. The van der Waals surface area contributed by atoms with Crippen LogP contribution in [0, 0.1) is 0 Å². The van der Waals surface area contributed by atoms with Gasteiger partial charge in [0.1, 0.15) is 0 Å². The zero-order chi connectivity index (χ0) is 17.4. The Morgan fingerprint density at radius 2 is 1.30 bits per heavy atom. The van der Waals surface area contributed by atoms with E-state index in [2.05, 4.69) is 26.3 Å². The molecule has 1 aromatic carbocycles. The number of hydrogen-bond donors (Lipinski definition) is 0. The SMILES string of the molecule is C=C(B1OC(C)(C)C(C)(C)O1)C(=C)C(=C)C(=C)c1ccccc1. The van der Waals surface area contributed by atoms with E-state index in [1.807, 2.05) is 58.0 Å². The molecule has 0 unspecified atom stereocenters. The van der Waals surface area contributed by atoms with Crippen molar-refractivity contribution < 1.29 is 9.31 Å². The summed E-state index contributed by atoms with van der Waals surface area (Å²) < 4.78 is 12.1. The van der Waals surface area contributed by atoms with E-state index in [1.54, 1.807) is 0 Å². The largest absolute Gasteiger partial charge is 0.494 e. The first-order valence-corrected chi connectivity index (χ1v) is 7.74. The van der Waals surface area contributed by atoms with E-state index in [9.17, 15) is 0 Å². The predicted molar refractivity (Wildman–Crippen MR) is 99.0 cm³/mol. The third-order valence-corrected chi connectivity index (χ3v) is 4.78. The van der Waals surface area contributed by atoms with Crippen molar-refractivity contribution in [2.24, 2.45) is 0 Å². The maximum atomic E-state index is 6.03. The molecule has 0 atom stereocenters. The summed E-state index contributed by atoms with van der Waals surface area (Å²) in [6.45, 7) is 24.5. The lowest BCUT2D eigenvalue weighted by molar-refractivity contribution is 0.00578. The van der Waals surface area contributed by atoms with Crippen LogP contribution in [0.15, 0.2) is 73.3 Å². The van der Waals surface area contributed by atoms with Gasteiger partial charge in [0.05, 0.1) is 11.2 Å². The molecule has 1 aliphatic heterocycles. The minimum absolute atomic E-state index is 0.404. The van der Waals surface area contributed by atoms with Crippen LogP contribution in [0.5, 0.6) is 0 Å². The van der Waals surface area contributed by atoms with Gasteiger partial charge in [0.15, 0.2) is 0 Å². The van der Waals surface area contributed by atoms with E-state index in [4.69, 9.17) is 9.31 Å². The van der Waals surface area contributed by atoms with Crippen LogP contribution in [-0.2, 0) is 9.31 Å². The Morgan fingerprint density at radius 3 is 1.78 bits per heavy atom. The summed E-state index contributed by atoms with van der Waals surface area (Å²) >= 11 is 0. The molecule has 1 aromatic rings. The monoisotopic (exact) mass is 308 g/mol. The van der Waals surface area contributed by atoms with Gasteiger partial charge in [-0.2, -0.15) is 0 Å². The molecule has 0 aromatic heterocycles. The zero-order valence-corrected chi connectivity index (χ0v) is 14.6. The van der Waals surface area contributed by atoms with Crippen LogP contribution < -0.4 is 0 Å². The number of benzene rings is 1. The van der Waals surface area contributed by atoms with E-state index < -0.39 is 18.3 Å². The van der Waals surface area contributed by atoms with E-state index in [0.29, 0.717) is 11.0 Å². The van der Waals surface area contributed by atoms with Gasteiger partial charge < -0.3 is 9.31 Å². The summed E-state index contributed by atoms with van der Waals surface area (Å²) in [4.78, 5) is 0. The number of hydrogen-bond acceptors (Lipinski definition) is 2. The van der Waals surface area contributed by atoms with Gasteiger partial charge in [0.2, 0.25) is 0 Å². The summed E-state index contributed by atoms with van der Waals surface area (Å²) in [5, 5.41) is 0. The van der Waals surface area contributed by atoms with Crippen molar-refractivity contribution in [3.8, 4) is 0 Å². The van der Waals surface area contributed by atoms with Gasteiger partial charge in [-0.1, -0.05) is 56.6 Å². The quantitative estimate of drug-likeness (QED) is 0.563. The van der Waals surface area contributed by atoms with Crippen LogP contribution >= 0.6 is 0 Å². The van der Waals surface area contributed by atoms with Crippen LogP contribution in [0.25, 0.3) is 5.57 Å². The standard InChI is InChI=1S/C20H25BO2/c1-14(16(3)18-12-10-9-11-13-18)15(2)17(4)21-22-19(5,6)20(7,8)23-21/h9-13H,1-4H2,5-8H3. The van der Waals surface area contributed by atoms with E-state index in [1.165, 1.54) is 0 Å². The fourth-order valence-electron chi connectivity index (χ4n) is 2.32. The van der Waals surface area contributed by atoms with Crippen molar-refractivity contribution in [3.05, 3.63) is 78.8 Å². The predicted octanol–water partition coefficient (Wildman–Crippen LogP) is 5.00. The highest BCUT2D eigenvalue weighted by Crippen LogP contribution is 2.40. The van der Waals surface area contributed by atoms with Gasteiger partial charge in [0.25, 0.3) is 0 Å². The topological polar surface area (TPSA) is 18.5 Å². The maximum absolute atomic E-state index is 6.03. The molecule has 120 valence electrons. The molecule has 1 fully saturated rings. The summed E-state index contributed by atoms with van der Waals surface area (Å²) in [5.74, 6) is 0. The van der Waals surface area contributed by atoms with E-state index >= 15 is 0 Å². The lowest BCUT2D eigenvalue weighted by Gasteiger charge is -2.32. The molecule has 0 aliphatic carbocycles. The Hall–Kier alpha value is -1.84. The second-order valence-corrected chi connectivity index (χ2v) is 6.92. The van der Waals surface area contributed by atoms with Crippen molar-refractivity contribution in [2.45, 2.75) is 38.9 Å². The lowest BCUT2D eigenvalue weighted by atomic mass is 9.72. The Bertz CT molecular complexity index is 652. The van der Waals surface area contributed by atoms with Crippen molar-refractivity contribution >= 4 is 12.7 Å². The molecule has 2 nitrogen and oxygen atoms in total. The summed E-state index contributed by atoms with van der Waals surface area (Å²) in [6.07, 6.45) is 0. The van der Waals surface area contributed by atoms with Crippen molar-refractivity contribution in [3.63, 3.8) is 0 Å². The van der Waals surface area contributed by atoms with Crippen LogP contribution in [0.3, 0.4) is 0 Å². The third-order valence-electron chi connectivity index (χ3n) is 4.78. The third kappa shape index (κ3) is 3.26.